The molecule has 6 heteroatoms. The first kappa shape index (κ1) is 15.8. The summed E-state index contributed by atoms with van der Waals surface area (Å²) in [6.07, 6.45) is 0. The Kier molecular flexibility index (Phi) is 5.20. The maximum atomic E-state index is 12.1. The van der Waals surface area contributed by atoms with Crippen LogP contribution in [0.25, 0.3) is 0 Å². The van der Waals surface area contributed by atoms with Gasteiger partial charge in [-0.1, -0.05) is 17.7 Å². The zero-order chi connectivity index (χ0) is 15.4. The minimum absolute atomic E-state index is 0.0230. The highest BCUT2D eigenvalue weighted by molar-refractivity contribution is 6.32. The van der Waals surface area contributed by atoms with Gasteiger partial charge in [0.05, 0.1) is 11.1 Å². The molecule has 0 aliphatic carbocycles. The normalized spacial score (nSPS) is 12.7. The van der Waals surface area contributed by atoms with Gasteiger partial charge in [0.1, 0.15) is 17.3 Å². The van der Waals surface area contributed by atoms with Crippen molar-refractivity contribution in [1.82, 2.24) is 5.32 Å². The van der Waals surface area contributed by atoms with E-state index < -0.39 is 6.61 Å². The van der Waals surface area contributed by atoms with Crippen LogP contribution in [0.5, 0.6) is 5.75 Å². The van der Waals surface area contributed by atoms with E-state index in [4.69, 9.17) is 16.0 Å². The fraction of sp³-hybridized carbons (Fsp3) is 0.333. The smallest absolute Gasteiger partial charge is 0.387 e. The molecule has 1 aromatic carbocycles. The molecule has 2 aromatic rings. The Morgan fingerprint density at radius 2 is 2.05 bits per heavy atom. The summed E-state index contributed by atoms with van der Waals surface area (Å²) in [5.41, 5.74) is 0.872. The number of benzene rings is 1. The molecule has 21 heavy (non-hydrogen) atoms. The van der Waals surface area contributed by atoms with Crippen molar-refractivity contribution in [2.24, 2.45) is 0 Å². The van der Waals surface area contributed by atoms with E-state index in [2.05, 4.69) is 10.1 Å². The molecule has 1 unspecified atom stereocenters. The predicted molar refractivity (Wildman–Crippen MR) is 76.8 cm³/mol. The van der Waals surface area contributed by atoms with E-state index in [1.807, 2.05) is 26.0 Å². The summed E-state index contributed by atoms with van der Waals surface area (Å²) in [6, 6.07) is 8.59. The molecular weight excluding hydrogens is 300 g/mol. The number of halogens is 3. The minimum Gasteiger partial charge on any atom is -0.465 e. The predicted octanol–water partition coefficient (Wildman–Crippen LogP) is 4.69. The van der Waals surface area contributed by atoms with Crippen LogP contribution in [0.3, 0.4) is 0 Å². The van der Waals surface area contributed by atoms with Crippen LogP contribution in [0.2, 0.25) is 5.02 Å². The average molecular weight is 316 g/mol. The third-order valence-corrected chi connectivity index (χ3v) is 3.31. The van der Waals surface area contributed by atoms with Gasteiger partial charge in [-0.3, -0.25) is 0 Å². The second kappa shape index (κ2) is 6.91. The summed E-state index contributed by atoms with van der Waals surface area (Å²) >= 11 is 5.90. The van der Waals surface area contributed by atoms with Gasteiger partial charge in [0.25, 0.3) is 0 Å². The molecule has 0 bridgehead atoms. The Balaban J connectivity index is 1.95. The fourth-order valence-corrected chi connectivity index (χ4v) is 2.15. The zero-order valence-corrected chi connectivity index (χ0v) is 12.5. The van der Waals surface area contributed by atoms with Crippen LogP contribution in [0.1, 0.15) is 30.0 Å². The number of hydrogen-bond donors (Lipinski definition) is 1. The molecule has 1 heterocycles. The van der Waals surface area contributed by atoms with Gasteiger partial charge in [0.15, 0.2) is 0 Å². The van der Waals surface area contributed by atoms with Crippen LogP contribution in [-0.2, 0) is 6.54 Å². The van der Waals surface area contributed by atoms with Crippen molar-refractivity contribution in [1.29, 1.82) is 0 Å². The number of ether oxygens (including phenoxy) is 1. The second-order valence-corrected chi connectivity index (χ2v) is 5.10. The van der Waals surface area contributed by atoms with Gasteiger partial charge in [-0.2, -0.15) is 8.78 Å². The topological polar surface area (TPSA) is 34.4 Å². The Labute approximate surface area is 126 Å². The van der Waals surface area contributed by atoms with Crippen molar-refractivity contribution in [3.8, 4) is 5.75 Å². The summed E-state index contributed by atoms with van der Waals surface area (Å²) in [6.45, 7) is 1.52. The number of aryl methyl sites for hydroxylation is 1. The van der Waals surface area contributed by atoms with Gasteiger partial charge in [-0.15, -0.1) is 0 Å². The molecule has 0 amide bonds. The molecule has 3 nitrogen and oxygen atoms in total. The molecule has 1 atom stereocenters. The Bertz CT molecular complexity index is 601. The van der Waals surface area contributed by atoms with Gasteiger partial charge in [0, 0.05) is 6.54 Å². The van der Waals surface area contributed by atoms with E-state index >= 15 is 0 Å². The molecule has 114 valence electrons. The van der Waals surface area contributed by atoms with E-state index in [1.165, 1.54) is 6.07 Å². The van der Waals surface area contributed by atoms with E-state index in [9.17, 15) is 8.78 Å². The van der Waals surface area contributed by atoms with E-state index in [1.54, 1.807) is 12.1 Å². The fourth-order valence-electron chi connectivity index (χ4n) is 1.90. The first-order valence-corrected chi connectivity index (χ1v) is 6.86. The lowest BCUT2D eigenvalue weighted by Gasteiger charge is -2.13. The summed E-state index contributed by atoms with van der Waals surface area (Å²) < 4.78 is 34.1. The van der Waals surface area contributed by atoms with Crippen molar-refractivity contribution >= 4 is 11.6 Å². The van der Waals surface area contributed by atoms with Gasteiger partial charge in [-0.05, 0) is 43.7 Å². The standard InChI is InChI=1S/C15H16ClF2NO2/c1-9-3-5-13(20-9)10(2)19-8-11-4-6-14(12(16)7-11)21-15(17)18/h3-7,10,15,19H,8H2,1-2H3. The van der Waals surface area contributed by atoms with Crippen LogP contribution in [0.15, 0.2) is 34.7 Å². The summed E-state index contributed by atoms with van der Waals surface area (Å²) in [4.78, 5) is 0. The second-order valence-electron chi connectivity index (χ2n) is 4.69. The maximum Gasteiger partial charge on any atom is 0.387 e. The monoisotopic (exact) mass is 315 g/mol. The van der Waals surface area contributed by atoms with Crippen LogP contribution in [-0.4, -0.2) is 6.61 Å². The van der Waals surface area contributed by atoms with Crippen LogP contribution in [0.4, 0.5) is 8.78 Å². The molecule has 0 aliphatic heterocycles. The van der Waals surface area contributed by atoms with Crippen molar-refractivity contribution in [3.05, 3.63) is 52.4 Å². The Morgan fingerprint density at radius 3 is 2.62 bits per heavy atom. The number of alkyl halides is 2. The summed E-state index contributed by atoms with van der Waals surface area (Å²) in [5, 5.41) is 3.44. The van der Waals surface area contributed by atoms with Crippen LogP contribution in [0, 0.1) is 6.92 Å². The largest absolute Gasteiger partial charge is 0.465 e. The lowest BCUT2D eigenvalue weighted by Crippen LogP contribution is -2.17. The van der Waals surface area contributed by atoms with Gasteiger partial charge in [-0.25, -0.2) is 0 Å². The molecule has 0 spiro atoms. The Morgan fingerprint density at radius 1 is 1.29 bits per heavy atom. The van der Waals surface area contributed by atoms with Crippen molar-refractivity contribution in [2.45, 2.75) is 33.0 Å². The minimum atomic E-state index is -2.88. The van der Waals surface area contributed by atoms with Crippen molar-refractivity contribution < 1.29 is 17.9 Å². The number of furan rings is 1. The van der Waals surface area contributed by atoms with Crippen molar-refractivity contribution in [3.63, 3.8) is 0 Å². The van der Waals surface area contributed by atoms with Crippen LogP contribution >= 0.6 is 11.6 Å². The average Bonchev–Trinajstić information content (AvgIpc) is 2.85. The maximum absolute atomic E-state index is 12.1. The molecule has 0 aliphatic rings. The number of hydrogen-bond acceptors (Lipinski definition) is 3. The third kappa shape index (κ3) is 4.44. The number of nitrogens with one attached hydrogen (secondary N) is 1. The molecule has 0 fully saturated rings. The van der Waals surface area contributed by atoms with E-state index in [0.717, 1.165) is 17.1 Å². The zero-order valence-electron chi connectivity index (χ0n) is 11.7. The highest BCUT2D eigenvalue weighted by Gasteiger charge is 2.11. The lowest BCUT2D eigenvalue weighted by molar-refractivity contribution is -0.0497. The molecule has 0 saturated heterocycles. The first-order valence-electron chi connectivity index (χ1n) is 6.48. The highest BCUT2D eigenvalue weighted by atomic mass is 35.5. The molecule has 2 rings (SSSR count). The number of rotatable bonds is 6. The van der Waals surface area contributed by atoms with Crippen LogP contribution < -0.4 is 10.1 Å². The molecule has 0 saturated carbocycles. The lowest BCUT2D eigenvalue weighted by atomic mass is 10.2. The first-order chi connectivity index (χ1) is 9.95. The molecule has 1 aromatic heterocycles. The molecular formula is C15H16ClF2NO2. The van der Waals surface area contributed by atoms with Gasteiger partial charge in [0.2, 0.25) is 0 Å². The summed E-state index contributed by atoms with van der Waals surface area (Å²) in [7, 11) is 0. The van der Waals surface area contributed by atoms with Gasteiger partial charge >= 0.3 is 6.61 Å². The summed E-state index contributed by atoms with van der Waals surface area (Å²) in [5.74, 6) is 1.68. The quantitative estimate of drug-likeness (QED) is 0.839. The third-order valence-electron chi connectivity index (χ3n) is 3.01. The van der Waals surface area contributed by atoms with Crippen molar-refractivity contribution in [2.75, 3.05) is 0 Å². The molecule has 1 N–H and O–H groups in total. The highest BCUT2D eigenvalue weighted by Crippen LogP contribution is 2.27. The van der Waals surface area contributed by atoms with E-state index in [-0.39, 0.29) is 16.8 Å². The Hall–Kier alpha value is -1.59. The van der Waals surface area contributed by atoms with Gasteiger partial charge < -0.3 is 14.5 Å². The SMILES string of the molecule is Cc1ccc(C(C)NCc2ccc(OC(F)F)c(Cl)c2)o1. The van der Waals surface area contributed by atoms with E-state index in [0.29, 0.717) is 6.54 Å². The molecule has 0 radical (unpaired) electrons.